The maximum absolute atomic E-state index is 14.4. The third-order valence-corrected chi connectivity index (χ3v) is 17.2. The van der Waals surface area contributed by atoms with Gasteiger partial charge in [0, 0.05) is 76.0 Å². The Labute approximate surface area is 464 Å². The van der Waals surface area contributed by atoms with Gasteiger partial charge in [0.1, 0.15) is 10.7 Å². The summed E-state index contributed by atoms with van der Waals surface area (Å²) in [4.78, 5) is 128. The SMILES string of the molecule is CC[C@H](C)[C@H](CC(=O)[C@H]1CCCCN1C)C(=O)N(C)[C@H](C[C@@H](OC(C)=O)c1nc(C(=O)N[C@@H](Cc2ccc(CC(=O)[C@H](CCCCN)NC(=O)CCCCCN3C(=O)CC(SC)C3=O)cc2)CC(C)C(=O)O)cs1)C(C)C. The molecule has 2 aliphatic heterocycles. The first-order valence-corrected chi connectivity index (χ1v) is 29.9. The number of hydrogen-bond donors (Lipinski definition) is 4. The van der Waals surface area contributed by atoms with E-state index in [0.29, 0.717) is 62.2 Å². The molecule has 2 fully saturated rings. The Morgan fingerprint density at radius 1 is 0.961 bits per heavy atom. The topological polar surface area (TPSA) is 256 Å². The van der Waals surface area contributed by atoms with Gasteiger partial charge in [-0.2, -0.15) is 11.8 Å². The predicted octanol–water partition coefficient (Wildman–Crippen LogP) is 6.95. The van der Waals surface area contributed by atoms with Crippen molar-refractivity contribution >= 4 is 76.1 Å². The van der Waals surface area contributed by atoms with Gasteiger partial charge >= 0.3 is 11.9 Å². The number of thiazole rings is 1. The fraction of sp³-hybridized carbons (Fsp3) is 0.684. The molecule has 20 heteroatoms. The van der Waals surface area contributed by atoms with Crippen molar-refractivity contribution in [3.63, 3.8) is 0 Å². The fourth-order valence-corrected chi connectivity index (χ4v) is 11.8. The lowest BCUT2D eigenvalue weighted by atomic mass is 9.83. The van der Waals surface area contributed by atoms with Crippen LogP contribution in [0.25, 0.3) is 0 Å². The summed E-state index contributed by atoms with van der Waals surface area (Å²) >= 11 is 2.52. The van der Waals surface area contributed by atoms with Crippen LogP contribution in [0.4, 0.5) is 0 Å². The Balaban J connectivity index is 1.41. The van der Waals surface area contributed by atoms with Crippen LogP contribution in [0, 0.1) is 23.7 Å². The number of carboxylic acids is 1. The van der Waals surface area contributed by atoms with Gasteiger partial charge in [-0.15, -0.1) is 11.3 Å². The third kappa shape index (κ3) is 20.0. The largest absolute Gasteiger partial charge is 0.481 e. The fourth-order valence-electron chi connectivity index (χ4n) is 10.4. The zero-order chi connectivity index (χ0) is 56.9. The number of aromatic nitrogens is 1. The molecule has 5 amide bonds. The number of nitrogens with two attached hydrogens (primary N) is 1. The number of nitrogens with zero attached hydrogens (tertiary/aromatic N) is 4. The summed E-state index contributed by atoms with van der Waals surface area (Å²) in [5.41, 5.74) is 7.29. The Morgan fingerprint density at radius 2 is 1.66 bits per heavy atom. The van der Waals surface area contributed by atoms with Crippen molar-refractivity contribution in [3.05, 3.63) is 51.5 Å². The summed E-state index contributed by atoms with van der Waals surface area (Å²) in [5.74, 6) is -4.37. The molecule has 5 N–H and O–H groups in total. The number of carboxylic acid groups (broad SMARTS) is 1. The number of rotatable bonds is 34. The van der Waals surface area contributed by atoms with Crippen LogP contribution in [0.2, 0.25) is 0 Å². The van der Waals surface area contributed by atoms with Gasteiger partial charge in [-0.1, -0.05) is 78.1 Å². The number of unbranched alkanes of at least 4 members (excludes halogenated alkanes) is 3. The molecule has 0 saturated carbocycles. The maximum Gasteiger partial charge on any atom is 0.306 e. The molecule has 2 aliphatic rings. The Hall–Kier alpha value is -5.05. The first-order valence-electron chi connectivity index (χ1n) is 27.7. The molecule has 3 heterocycles. The van der Waals surface area contributed by atoms with Crippen molar-refractivity contribution in [2.75, 3.05) is 40.0 Å². The summed E-state index contributed by atoms with van der Waals surface area (Å²) in [6.45, 7) is 12.5. The van der Waals surface area contributed by atoms with Crippen molar-refractivity contribution in [2.45, 2.75) is 186 Å². The van der Waals surface area contributed by atoms with Crippen LogP contribution in [-0.4, -0.2) is 147 Å². The van der Waals surface area contributed by atoms with Crippen molar-refractivity contribution in [1.82, 2.24) is 30.3 Å². The van der Waals surface area contributed by atoms with Gasteiger partial charge in [-0.3, -0.25) is 53.0 Å². The van der Waals surface area contributed by atoms with Crippen LogP contribution >= 0.6 is 23.1 Å². The number of ketones is 2. The van der Waals surface area contributed by atoms with Crippen LogP contribution < -0.4 is 16.4 Å². The molecule has 9 atom stereocenters. The van der Waals surface area contributed by atoms with E-state index in [2.05, 4.69) is 20.5 Å². The number of nitrogens with one attached hydrogen (secondary N) is 2. The molecular formula is C57H87N7O11S2. The van der Waals surface area contributed by atoms with Crippen molar-refractivity contribution in [2.24, 2.45) is 29.4 Å². The van der Waals surface area contributed by atoms with Gasteiger partial charge in [-0.25, -0.2) is 4.98 Å². The number of likely N-dealkylation sites (N-methyl/N-ethyl adjacent to an activating group) is 1. The number of thioether (sulfide) groups is 1. The summed E-state index contributed by atoms with van der Waals surface area (Å²) < 4.78 is 5.85. The second kappa shape index (κ2) is 32.1. The maximum atomic E-state index is 14.4. The number of hydrogen-bond acceptors (Lipinski definition) is 15. The van der Waals surface area contributed by atoms with Crippen LogP contribution in [0.5, 0.6) is 0 Å². The second-order valence-electron chi connectivity index (χ2n) is 21.7. The molecule has 0 radical (unpaired) electrons. The number of benzene rings is 1. The number of imide groups is 1. The lowest BCUT2D eigenvalue weighted by Crippen LogP contribution is -2.48. The van der Waals surface area contributed by atoms with E-state index in [0.717, 1.165) is 49.1 Å². The second-order valence-corrected chi connectivity index (χ2v) is 23.6. The molecule has 2 unspecified atom stereocenters. The first kappa shape index (κ1) is 64.5. The molecule has 428 valence electrons. The summed E-state index contributed by atoms with van der Waals surface area (Å²) in [7, 11) is 3.70. The standard InChI is InChI=1S/C57H87N7O11S2/c1-10-36(4)42(31-48(67)45-19-14-17-26-62(45)7)55(71)63(8)46(35(2)3)32-49(75-38(6)65)54-61-44(34-77-54)53(70)59-41(28-37(5)57(73)74)29-39-21-23-40(24-22-39)30-47(66)43(18-13-15-25-58)60-51(68)20-12-11-16-27-64-52(69)33-50(76-9)56(64)72/h21-24,34-37,41-43,45-46,49-50H,10-20,25-33,58H2,1-9H3,(H,59,70)(H,60,68)(H,73,74)/t36-,37?,41+,42-,43-,45+,46+,49+,50?/m0/s1. The van der Waals surface area contributed by atoms with E-state index >= 15 is 0 Å². The van der Waals surface area contributed by atoms with Gasteiger partial charge in [0.05, 0.1) is 23.3 Å². The molecule has 2 saturated heterocycles. The van der Waals surface area contributed by atoms with E-state index in [9.17, 15) is 48.3 Å². The lowest BCUT2D eigenvalue weighted by Gasteiger charge is -2.37. The average Bonchev–Trinajstić information content (AvgIpc) is 4.00. The van der Waals surface area contributed by atoms with Crippen LogP contribution in [0.3, 0.4) is 0 Å². The van der Waals surface area contributed by atoms with Gasteiger partial charge in [0.15, 0.2) is 17.7 Å². The van der Waals surface area contributed by atoms with E-state index in [1.54, 1.807) is 36.4 Å². The summed E-state index contributed by atoms with van der Waals surface area (Å²) in [5, 5.41) is 17.4. The molecule has 77 heavy (non-hydrogen) atoms. The quantitative estimate of drug-likeness (QED) is 0.0314. The minimum absolute atomic E-state index is 0.0478. The molecule has 1 aromatic heterocycles. The molecular weight excluding hydrogens is 1020 g/mol. The molecule has 2 aromatic rings. The number of carbonyl (C=O) groups excluding carboxylic acids is 8. The molecule has 18 nitrogen and oxygen atoms in total. The molecule has 0 aliphatic carbocycles. The molecule has 0 spiro atoms. The van der Waals surface area contributed by atoms with Gasteiger partial charge in [-0.05, 0) is 107 Å². The molecule has 1 aromatic carbocycles. The Morgan fingerprint density at radius 3 is 2.27 bits per heavy atom. The van der Waals surface area contributed by atoms with Gasteiger partial charge < -0.3 is 31.1 Å². The van der Waals surface area contributed by atoms with E-state index in [1.165, 1.54) is 23.6 Å². The Kier molecular flexibility index (Phi) is 26.9. The Bertz CT molecular complexity index is 2310. The number of likely N-dealkylation sites (tertiary alicyclic amines) is 2. The van der Waals surface area contributed by atoms with Crippen molar-refractivity contribution in [3.8, 4) is 0 Å². The number of esters is 1. The van der Waals surface area contributed by atoms with Crippen LogP contribution in [0.15, 0.2) is 29.6 Å². The summed E-state index contributed by atoms with van der Waals surface area (Å²) in [6, 6.07) is 5.30. The van der Waals surface area contributed by atoms with Gasteiger partial charge in [0.2, 0.25) is 23.6 Å². The monoisotopic (exact) mass is 1110 g/mol. The predicted molar refractivity (Wildman–Crippen MR) is 299 cm³/mol. The highest BCUT2D eigenvalue weighted by Crippen LogP contribution is 2.33. The number of piperidine rings is 1. The minimum Gasteiger partial charge on any atom is -0.481 e. The zero-order valence-corrected chi connectivity index (χ0v) is 48.6. The molecule has 0 bridgehead atoms. The number of carbonyl (C=O) groups is 9. The van der Waals surface area contributed by atoms with E-state index in [1.807, 2.05) is 53.1 Å². The van der Waals surface area contributed by atoms with Crippen LogP contribution in [0.1, 0.15) is 171 Å². The number of amides is 5. The lowest BCUT2D eigenvalue weighted by molar-refractivity contribution is -0.150. The van der Waals surface area contributed by atoms with Crippen molar-refractivity contribution < 1.29 is 53.0 Å². The normalized spacial score (nSPS) is 18.7. The van der Waals surface area contributed by atoms with Crippen molar-refractivity contribution in [1.29, 1.82) is 0 Å². The number of ether oxygens (including phenoxy) is 1. The third-order valence-electron chi connectivity index (χ3n) is 15.3. The van der Waals surface area contributed by atoms with Crippen LogP contribution in [-0.2, 0) is 55.9 Å². The smallest absolute Gasteiger partial charge is 0.306 e. The first-order chi connectivity index (χ1) is 36.6. The highest BCUT2D eigenvalue weighted by molar-refractivity contribution is 8.00. The van der Waals surface area contributed by atoms with Gasteiger partial charge in [0.25, 0.3) is 5.91 Å². The van der Waals surface area contributed by atoms with E-state index in [-0.39, 0.29) is 109 Å². The number of Topliss-reactive ketones (excluding diaryl/α,β-unsaturated/α-hetero) is 2. The minimum atomic E-state index is -1.02. The molecule has 4 rings (SSSR count). The average molecular weight is 1110 g/mol. The summed E-state index contributed by atoms with van der Waals surface area (Å²) in [6.07, 6.45) is 9.18. The number of aliphatic carboxylic acids is 1. The highest BCUT2D eigenvalue weighted by Gasteiger charge is 2.39. The zero-order valence-electron chi connectivity index (χ0n) is 47.0. The van der Waals surface area contributed by atoms with E-state index in [4.69, 9.17) is 10.5 Å². The van der Waals surface area contributed by atoms with E-state index < -0.39 is 53.9 Å². The highest BCUT2D eigenvalue weighted by atomic mass is 32.2.